The molecule has 1 aliphatic rings. The number of nitrogens with zero attached hydrogens (tertiary/aromatic N) is 1. The number of anilines is 1. The van der Waals surface area contributed by atoms with Crippen LogP contribution < -0.4 is 15.0 Å². The van der Waals surface area contributed by atoms with E-state index in [4.69, 9.17) is 13.9 Å². The number of methoxy groups -OCH3 is 2. The largest absolute Gasteiger partial charge is 0.495 e. The van der Waals surface area contributed by atoms with Gasteiger partial charge >= 0.3 is 0 Å². The van der Waals surface area contributed by atoms with E-state index in [-0.39, 0.29) is 11.8 Å². The summed E-state index contributed by atoms with van der Waals surface area (Å²) in [6, 6.07) is 11.5. The van der Waals surface area contributed by atoms with Crippen molar-refractivity contribution >= 4 is 39.4 Å². The molecule has 0 radical (unpaired) electrons. The summed E-state index contributed by atoms with van der Waals surface area (Å²) in [5.74, 6) is -0.627. The fourth-order valence-corrected chi connectivity index (χ4v) is 3.68. The molecular formula is C21H22N2O5. The third-order valence-electron chi connectivity index (χ3n) is 5.10. The van der Waals surface area contributed by atoms with Crippen molar-refractivity contribution in [1.82, 2.24) is 5.32 Å². The Labute approximate surface area is 162 Å². The third-order valence-corrected chi connectivity index (χ3v) is 5.10. The van der Waals surface area contributed by atoms with E-state index in [9.17, 15) is 9.59 Å². The van der Waals surface area contributed by atoms with Gasteiger partial charge in [-0.3, -0.25) is 9.59 Å². The lowest BCUT2D eigenvalue weighted by Crippen LogP contribution is -2.38. The fourth-order valence-electron chi connectivity index (χ4n) is 3.68. The van der Waals surface area contributed by atoms with E-state index < -0.39 is 5.92 Å². The number of hydrogen-bond acceptors (Lipinski definition) is 5. The number of fused-ring (bicyclic) bond motifs is 3. The number of carbonyl (C=O) groups excluding carboxylic acids is 2. The number of hydrogen-bond donors (Lipinski definition) is 1. The first-order valence-corrected chi connectivity index (χ1v) is 9.21. The summed E-state index contributed by atoms with van der Waals surface area (Å²) in [5, 5.41) is 4.66. The zero-order chi connectivity index (χ0) is 19.7. The number of nitrogens with one attached hydrogen (secondary N) is 1. The van der Waals surface area contributed by atoms with Gasteiger partial charge in [-0.15, -0.1) is 0 Å². The molecule has 3 aromatic rings. The maximum absolute atomic E-state index is 12.9. The fraction of sp³-hybridized carbons (Fsp3) is 0.333. The van der Waals surface area contributed by atoms with Gasteiger partial charge in [0.2, 0.25) is 11.8 Å². The normalized spacial score (nSPS) is 16.9. The highest BCUT2D eigenvalue weighted by Crippen LogP contribution is 2.40. The highest BCUT2D eigenvalue weighted by molar-refractivity contribution is 6.12. The van der Waals surface area contributed by atoms with Crippen LogP contribution in [-0.2, 0) is 14.3 Å². The first-order chi connectivity index (χ1) is 13.6. The Morgan fingerprint density at radius 1 is 1.21 bits per heavy atom. The van der Waals surface area contributed by atoms with Gasteiger partial charge < -0.3 is 24.1 Å². The van der Waals surface area contributed by atoms with E-state index in [1.165, 1.54) is 0 Å². The molecular weight excluding hydrogens is 360 g/mol. The Hall–Kier alpha value is -3.06. The minimum atomic E-state index is -0.701. The zero-order valence-corrected chi connectivity index (χ0v) is 15.9. The van der Waals surface area contributed by atoms with E-state index in [1.807, 2.05) is 36.4 Å². The molecule has 4 rings (SSSR count). The smallest absolute Gasteiger partial charge is 0.239 e. The van der Waals surface area contributed by atoms with Gasteiger partial charge in [0.25, 0.3) is 0 Å². The van der Waals surface area contributed by atoms with Crippen LogP contribution >= 0.6 is 0 Å². The molecule has 1 aromatic heterocycles. The molecule has 7 heteroatoms. The molecule has 146 valence electrons. The van der Waals surface area contributed by atoms with Crippen molar-refractivity contribution in [3.63, 3.8) is 0 Å². The molecule has 28 heavy (non-hydrogen) atoms. The molecule has 2 heterocycles. The first-order valence-electron chi connectivity index (χ1n) is 9.21. The highest BCUT2D eigenvalue weighted by atomic mass is 16.5. The summed E-state index contributed by atoms with van der Waals surface area (Å²) in [7, 11) is 3.14. The van der Waals surface area contributed by atoms with Gasteiger partial charge in [-0.05, 0) is 18.6 Å². The van der Waals surface area contributed by atoms with Gasteiger partial charge in [-0.2, -0.15) is 0 Å². The quantitative estimate of drug-likeness (QED) is 0.524. The second-order valence-electron chi connectivity index (χ2n) is 6.73. The Morgan fingerprint density at radius 3 is 2.82 bits per heavy atom. The average molecular weight is 382 g/mol. The topological polar surface area (TPSA) is 81.0 Å². The molecule has 1 N–H and O–H groups in total. The zero-order valence-electron chi connectivity index (χ0n) is 15.9. The molecule has 2 aromatic carbocycles. The van der Waals surface area contributed by atoms with Crippen molar-refractivity contribution in [2.45, 2.75) is 6.42 Å². The second-order valence-corrected chi connectivity index (χ2v) is 6.73. The van der Waals surface area contributed by atoms with Crippen LogP contribution in [0.25, 0.3) is 21.9 Å². The van der Waals surface area contributed by atoms with Gasteiger partial charge in [-0.1, -0.05) is 18.2 Å². The van der Waals surface area contributed by atoms with Crippen LogP contribution in [0.15, 0.2) is 40.8 Å². The molecule has 1 fully saturated rings. The number of carbonyl (C=O) groups is 2. The van der Waals surface area contributed by atoms with Crippen LogP contribution in [0.3, 0.4) is 0 Å². The molecule has 1 aliphatic heterocycles. The van der Waals surface area contributed by atoms with E-state index in [2.05, 4.69) is 5.32 Å². The predicted molar refractivity (Wildman–Crippen MR) is 106 cm³/mol. The van der Waals surface area contributed by atoms with Crippen LogP contribution in [0.5, 0.6) is 5.75 Å². The highest BCUT2D eigenvalue weighted by Gasteiger charge is 2.38. The van der Waals surface area contributed by atoms with Crippen molar-refractivity contribution in [2.75, 3.05) is 38.8 Å². The summed E-state index contributed by atoms with van der Waals surface area (Å²) in [6.07, 6.45) is 0.457. The maximum Gasteiger partial charge on any atom is 0.239 e. The minimum Gasteiger partial charge on any atom is -0.495 e. The van der Waals surface area contributed by atoms with Crippen LogP contribution in [-0.4, -0.2) is 45.7 Å². The lowest BCUT2D eigenvalue weighted by atomic mass is 10.1. The summed E-state index contributed by atoms with van der Waals surface area (Å²) >= 11 is 0. The SMILES string of the molecule is COCCNC(=O)[C@@H]1CCN(c2cc3oc4ccccc4c3cc2OC)C1=O. The monoisotopic (exact) mass is 382 g/mol. The van der Waals surface area contributed by atoms with Gasteiger partial charge in [0.1, 0.15) is 22.8 Å². The number of rotatable bonds is 6. The van der Waals surface area contributed by atoms with Gasteiger partial charge in [0, 0.05) is 37.0 Å². The molecule has 1 saturated heterocycles. The maximum atomic E-state index is 12.9. The van der Waals surface area contributed by atoms with Gasteiger partial charge in [0.15, 0.2) is 0 Å². The van der Waals surface area contributed by atoms with Crippen LogP contribution in [0.2, 0.25) is 0 Å². The number of furan rings is 1. The van der Waals surface area contributed by atoms with Crippen molar-refractivity contribution in [3.05, 3.63) is 36.4 Å². The standard InChI is InChI=1S/C21H22N2O5/c1-26-10-8-22-20(24)14-7-9-23(21(14)25)16-12-18-15(11-19(16)27-2)13-5-3-4-6-17(13)28-18/h3-6,11-12,14H,7-10H2,1-2H3,(H,22,24)/t14-/m0/s1. The second kappa shape index (κ2) is 7.52. The van der Waals surface area contributed by atoms with Crippen molar-refractivity contribution < 1.29 is 23.5 Å². The van der Waals surface area contributed by atoms with Crippen molar-refractivity contribution in [3.8, 4) is 5.75 Å². The Kier molecular flexibility index (Phi) is 4.92. The van der Waals surface area contributed by atoms with E-state index >= 15 is 0 Å². The lowest BCUT2D eigenvalue weighted by molar-refractivity contribution is -0.132. The molecule has 7 nitrogen and oxygen atoms in total. The third kappa shape index (κ3) is 3.07. The van der Waals surface area contributed by atoms with Gasteiger partial charge in [-0.25, -0.2) is 0 Å². The predicted octanol–water partition coefficient (Wildman–Crippen LogP) is 2.71. The summed E-state index contributed by atoms with van der Waals surface area (Å²) in [4.78, 5) is 26.8. The molecule has 2 amide bonds. The van der Waals surface area contributed by atoms with Crippen molar-refractivity contribution in [2.24, 2.45) is 5.92 Å². The number of benzene rings is 2. The number of ether oxygens (including phenoxy) is 2. The minimum absolute atomic E-state index is 0.233. The van der Waals surface area contributed by atoms with E-state index in [0.29, 0.717) is 43.1 Å². The Morgan fingerprint density at radius 2 is 2.04 bits per heavy atom. The first kappa shape index (κ1) is 18.3. The molecule has 0 saturated carbocycles. The number of para-hydroxylation sites is 1. The van der Waals surface area contributed by atoms with Gasteiger partial charge in [0.05, 0.1) is 19.4 Å². The van der Waals surface area contributed by atoms with Crippen LogP contribution in [0, 0.1) is 5.92 Å². The molecule has 0 aliphatic carbocycles. The van der Waals surface area contributed by atoms with Crippen molar-refractivity contribution in [1.29, 1.82) is 0 Å². The molecule has 0 bridgehead atoms. The summed E-state index contributed by atoms with van der Waals surface area (Å²) in [6.45, 7) is 1.24. The summed E-state index contributed by atoms with van der Waals surface area (Å²) in [5.41, 5.74) is 2.07. The average Bonchev–Trinajstić information content (AvgIpc) is 3.26. The molecule has 1 atom stereocenters. The molecule has 0 spiro atoms. The van der Waals surface area contributed by atoms with Crippen LogP contribution in [0.4, 0.5) is 5.69 Å². The lowest BCUT2D eigenvalue weighted by Gasteiger charge is -2.19. The molecule has 0 unspecified atom stereocenters. The van der Waals surface area contributed by atoms with E-state index in [1.54, 1.807) is 19.1 Å². The Balaban J connectivity index is 1.66. The Bertz CT molecular complexity index is 1040. The van der Waals surface area contributed by atoms with E-state index in [0.717, 1.165) is 16.4 Å². The van der Waals surface area contributed by atoms with Crippen LogP contribution in [0.1, 0.15) is 6.42 Å². The number of amides is 2. The summed E-state index contributed by atoms with van der Waals surface area (Å²) < 4.78 is 16.4.